The van der Waals surface area contributed by atoms with Gasteiger partial charge >= 0.3 is 35.5 Å². The summed E-state index contributed by atoms with van der Waals surface area (Å²) in [5.74, 6) is 0.0338. The topological polar surface area (TPSA) is 82.6 Å². The van der Waals surface area contributed by atoms with E-state index < -0.39 is 0 Å². The van der Waals surface area contributed by atoms with E-state index in [9.17, 15) is 9.59 Å². The van der Waals surface area contributed by atoms with E-state index >= 15 is 0 Å². The molecule has 0 bridgehead atoms. The standard InChI is InChI=1S/C11H12O4.Na.H2O/c1-2-7-14-11(13)9-3-5-10(6-4-9)15-8-12;;/h3-6,8H,2,7H2,1H3;;1H2/q;+1;/p-1. The monoisotopic (exact) mass is 248 g/mol. The number of esters is 1. The number of benzene rings is 1. The average Bonchev–Trinajstić information content (AvgIpc) is 2.27. The summed E-state index contributed by atoms with van der Waals surface area (Å²) in [7, 11) is 0. The number of hydrogen-bond donors (Lipinski definition) is 0. The number of hydrogen-bond acceptors (Lipinski definition) is 5. The summed E-state index contributed by atoms with van der Waals surface area (Å²) in [4.78, 5) is 21.4. The van der Waals surface area contributed by atoms with Crippen LogP contribution in [0.3, 0.4) is 0 Å². The van der Waals surface area contributed by atoms with E-state index in [1.165, 1.54) is 12.1 Å². The molecule has 0 heterocycles. The first-order valence-electron chi connectivity index (χ1n) is 4.65. The second-order valence-corrected chi connectivity index (χ2v) is 2.87. The van der Waals surface area contributed by atoms with Gasteiger partial charge in [-0.25, -0.2) is 4.79 Å². The molecule has 6 heteroatoms. The zero-order valence-electron chi connectivity index (χ0n) is 9.88. The van der Waals surface area contributed by atoms with Crippen LogP contribution in [-0.2, 0) is 9.53 Å². The van der Waals surface area contributed by atoms with Crippen LogP contribution in [0.15, 0.2) is 24.3 Å². The molecule has 1 rings (SSSR count). The van der Waals surface area contributed by atoms with Gasteiger partial charge in [0.1, 0.15) is 5.75 Å². The van der Waals surface area contributed by atoms with Gasteiger partial charge in [0.05, 0.1) is 12.2 Å². The van der Waals surface area contributed by atoms with E-state index in [0.717, 1.165) is 6.42 Å². The van der Waals surface area contributed by atoms with E-state index in [4.69, 9.17) is 4.74 Å². The summed E-state index contributed by atoms with van der Waals surface area (Å²) in [6.45, 7) is 2.67. The number of rotatable bonds is 5. The van der Waals surface area contributed by atoms with Crippen molar-refractivity contribution >= 4 is 12.4 Å². The molecule has 0 saturated heterocycles. The maximum Gasteiger partial charge on any atom is 1.00 e. The van der Waals surface area contributed by atoms with Gasteiger partial charge in [0.25, 0.3) is 6.47 Å². The summed E-state index contributed by atoms with van der Waals surface area (Å²) in [5.41, 5.74) is 0.446. The largest absolute Gasteiger partial charge is 1.00 e. The molecule has 1 N–H and O–H groups in total. The Kier molecular flexibility index (Phi) is 11.2. The van der Waals surface area contributed by atoms with Crippen molar-refractivity contribution in [1.82, 2.24) is 0 Å². The van der Waals surface area contributed by atoms with Crippen LogP contribution < -0.4 is 34.3 Å². The molecule has 0 aliphatic heterocycles. The van der Waals surface area contributed by atoms with Gasteiger partial charge in [-0.2, -0.15) is 0 Å². The third kappa shape index (κ3) is 6.43. The van der Waals surface area contributed by atoms with Crippen molar-refractivity contribution in [1.29, 1.82) is 0 Å². The fraction of sp³-hybridized carbons (Fsp3) is 0.273. The van der Waals surface area contributed by atoms with Gasteiger partial charge < -0.3 is 14.9 Å². The summed E-state index contributed by atoms with van der Waals surface area (Å²) in [6, 6.07) is 6.18. The van der Waals surface area contributed by atoms with Gasteiger partial charge in [0.15, 0.2) is 0 Å². The molecule has 0 aromatic heterocycles. The van der Waals surface area contributed by atoms with Gasteiger partial charge in [-0.15, -0.1) is 0 Å². The molecule has 0 fully saturated rings. The number of carbonyl (C=O) groups excluding carboxylic acids is 2. The normalized spacial score (nSPS) is 8.29. The Morgan fingerprint density at radius 2 is 1.88 bits per heavy atom. The summed E-state index contributed by atoms with van der Waals surface area (Å²) >= 11 is 0. The first kappa shape index (κ1) is 18.5. The van der Waals surface area contributed by atoms with Crippen molar-refractivity contribution in [3.63, 3.8) is 0 Å². The van der Waals surface area contributed by atoms with Crippen LogP contribution in [0.25, 0.3) is 0 Å². The molecule has 17 heavy (non-hydrogen) atoms. The maximum atomic E-state index is 11.3. The van der Waals surface area contributed by atoms with Crippen LogP contribution in [0.2, 0.25) is 0 Å². The molecule has 88 valence electrons. The van der Waals surface area contributed by atoms with Gasteiger partial charge in [0, 0.05) is 0 Å². The second-order valence-electron chi connectivity index (χ2n) is 2.87. The van der Waals surface area contributed by atoms with Crippen LogP contribution in [0.4, 0.5) is 0 Å². The van der Waals surface area contributed by atoms with Crippen molar-refractivity contribution in [2.24, 2.45) is 0 Å². The first-order chi connectivity index (χ1) is 7.27. The Morgan fingerprint density at radius 3 is 2.35 bits per heavy atom. The van der Waals surface area contributed by atoms with Crippen LogP contribution in [0.5, 0.6) is 5.75 Å². The Labute approximate surface area is 122 Å². The minimum Gasteiger partial charge on any atom is -0.870 e. The van der Waals surface area contributed by atoms with Crippen molar-refractivity contribution in [2.45, 2.75) is 13.3 Å². The molecule has 1 aromatic carbocycles. The Bertz CT molecular complexity index is 336. The quantitative estimate of drug-likeness (QED) is 0.364. The predicted octanol–water partition coefficient (Wildman–Crippen LogP) is -1.38. The first-order valence-corrected chi connectivity index (χ1v) is 4.65. The zero-order chi connectivity index (χ0) is 11.1. The predicted molar refractivity (Wildman–Crippen MR) is 55.6 cm³/mol. The molecule has 0 aliphatic rings. The van der Waals surface area contributed by atoms with Crippen molar-refractivity contribution < 1.29 is 54.1 Å². The number of carbonyl (C=O) groups is 2. The van der Waals surface area contributed by atoms with Crippen LogP contribution >= 0.6 is 0 Å². The Hall–Kier alpha value is -0.880. The SMILES string of the molecule is CCCOC(=O)c1ccc(OC=O)cc1.[Na+].[OH-]. The van der Waals surface area contributed by atoms with Gasteiger partial charge in [-0.1, -0.05) is 6.92 Å². The van der Waals surface area contributed by atoms with Crippen molar-refractivity contribution in [3.8, 4) is 5.75 Å². The third-order valence-electron chi connectivity index (χ3n) is 1.71. The van der Waals surface area contributed by atoms with Crippen LogP contribution in [0.1, 0.15) is 23.7 Å². The molecule has 0 spiro atoms. The van der Waals surface area contributed by atoms with E-state index in [-0.39, 0.29) is 41.0 Å². The second kappa shape index (κ2) is 10.3. The van der Waals surface area contributed by atoms with Crippen molar-refractivity contribution in [3.05, 3.63) is 29.8 Å². The molecule has 0 amide bonds. The summed E-state index contributed by atoms with van der Waals surface area (Å²) in [6.07, 6.45) is 0.790. The minimum absolute atomic E-state index is 0. The number of ether oxygens (including phenoxy) is 2. The fourth-order valence-corrected chi connectivity index (χ4v) is 1.00. The van der Waals surface area contributed by atoms with E-state index in [0.29, 0.717) is 24.4 Å². The molecule has 1 aromatic rings. The van der Waals surface area contributed by atoms with Gasteiger partial charge in [-0.05, 0) is 30.7 Å². The maximum absolute atomic E-state index is 11.3. The zero-order valence-corrected chi connectivity index (χ0v) is 11.9. The fourth-order valence-electron chi connectivity index (χ4n) is 1.00. The Balaban J connectivity index is 0. The molecule has 0 unspecified atom stereocenters. The van der Waals surface area contributed by atoms with Crippen LogP contribution in [0, 0.1) is 0 Å². The average molecular weight is 248 g/mol. The smallest absolute Gasteiger partial charge is 0.870 e. The molecule has 0 radical (unpaired) electrons. The van der Waals surface area contributed by atoms with Gasteiger partial charge in [0.2, 0.25) is 0 Å². The minimum atomic E-state index is -0.366. The summed E-state index contributed by atoms with van der Waals surface area (Å²) in [5, 5.41) is 0. The molecular formula is C11H13NaO5. The van der Waals surface area contributed by atoms with E-state index in [1.54, 1.807) is 12.1 Å². The van der Waals surface area contributed by atoms with E-state index in [2.05, 4.69) is 4.74 Å². The van der Waals surface area contributed by atoms with Crippen LogP contribution in [-0.4, -0.2) is 24.5 Å². The third-order valence-corrected chi connectivity index (χ3v) is 1.71. The molecule has 5 nitrogen and oxygen atoms in total. The van der Waals surface area contributed by atoms with E-state index in [1.807, 2.05) is 6.92 Å². The molecular weight excluding hydrogens is 235 g/mol. The molecule has 0 aliphatic carbocycles. The Morgan fingerprint density at radius 1 is 1.29 bits per heavy atom. The summed E-state index contributed by atoms with van der Waals surface area (Å²) < 4.78 is 9.52. The molecule has 0 saturated carbocycles. The van der Waals surface area contributed by atoms with Crippen molar-refractivity contribution in [2.75, 3.05) is 6.61 Å². The molecule has 0 atom stereocenters. The van der Waals surface area contributed by atoms with Gasteiger partial charge in [-0.3, -0.25) is 4.79 Å².